The lowest BCUT2D eigenvalue weighted by molar-refractivity contribution is 1.14. The molecule has 2 heteroatoms. The highest BCUT2D eigenvalue weighted by atomic mass is 15.1. The molecular formula is C26H24N2. The van der Waals surface area contributed by atoms with Gasteiger partial charge in [-0.3, -0.25) is 0 Å². The summed E-state index contributed by atoms with van der Waals surface area (Å²) in [4.78, 5) is 4.30. The van der Waals surface area contributed by atoms with Gasteiger partial charge in [0.25, 0.3) is 0 Å². The summed E-state index contributed by atoms with van der Waals surface area (Å²) in [6.07, 6.45) is 0. The minimum atomic E-state index is 1.23. The second kappa shape index (κ2) is 6.13. The average Bonchev–Trinajstić information content (AvgIpc) is 2.71. The molecule has 0 aliphatic rings. The molecule has 2 nitrogen and oxygen atoms in total. The molecule has 0 aliphatic heterocycles. The van der Waals surface area contributed by atoms with Crippen molar-refractivity contribution in [2.24, 2.45) is 0 Å². The van der Waals surface area contributed by atoms with Crippen molar-refractivity contribution >= 4 is 54.5 Å². The number of rotatable bonds is 2. The van der Waals surface area contributed by atoms with Crippen molar-refractivity contribution in [3.05, 3.63) is 72.8 Å². The number of benzene rings is 5. The highest BCUT2D eigenvalue weighted by Gasteiger charge is 2.09. The maximum atomic E-state index is 2.29. The van der Waals surface area contributed by atoms with Crippen LogP contribution < -0.4 is 9.80 Å². The van der Waals surface area contributed by atoms with Crippen molar-refractivity contribution in [3.8, 4) is 0 Å². The third-order valence-electron chi connectivity index (χ3n) is 5.83. The van der Waals surface area contributed by atoms with Crippen molar-refractivity contribution in [2.75, 3.05) is 38.0 Å². The van der Waals surface area contributed by atoms with Crippen LogP contribution in [0.25, 0.3) is 43.1 Å². The number of nitrogens with zero attached hydrogens (tertiary/aromatic N) is 2. The Labute approximate surface area is 165 Å². The fourth-order valence-corrected chi connectivity index (χ4v) is 4.23. The van der Waals surface area contributed by atoms with Crippen LogP contribution in [0.2, 0.25) is 0 Å². The van der Waals surface area contributed by atoms with Gasteiger partial charge in [-0.25, -0.2) is 0 Å². The Morgan fingerprint density at radius 3 is 1.11 bits per heavy atom. The molecule has 5 aromatic carbocycles. The van der Waals surface area contributed by atoms with Gasteiger partial charge in [-0.05, 0) is 67.4 Å². The van der Waals surface area contributed by atoms with Gasteiger partial charge in [0.05, 0.1) is 0 Å². The lowest BCUT2D eigenvalue weighted by atomic mass is 9.94. The zero-order valence-electron chi connectivity index (χ0n) is 16.8. The van der Waals surface area contributed by atoms with Gasteiger partial charge >= 0.3 is 0 Å². The average molecular weight is 364 g/mol. The predicted octanol–water partition coefficient (Wildman–Crippen LogP) is 6.43. The molecule has 0 heterocycles. The minimum Gasteiger partial charge on any atom is -0.378 e. The molecule has 0 unspecified atom stereocenters. The van der Waals surface area contributed by atoms with E-state index in [9.17, 15) is 0 Å². The summed E-state index contributed by atoms with van der Waals surface area (Å²) < 4.78 is 0. The lowest BCUT2D eigenvalue weighted by Gasteiger charge is -2.15. The standard InChI is InChI=1S/C26H24N2/c1-27(2)19-7-11-21-17(15-19)5-9-25-23(21)13-14-24-22-12-8-20(28(3)4)16-18(22)6-10-26(24)25/h5-16H,1-4H3. The van der Waals surface area contributed by atoms with E-state index in [1.165, 1.54) is 54.5 Å². The molecule has 0 atom stereocenters. The van der Waals surface area contributed by atoms with Gasteiger partial charge in [0, 0.05) is 39.6 Å². The first-order chi connectivity index (χ1) is 13.5. The molecule has 0 bridgehead atoms. The number of anilines is 2. The van der Waals surface area contributed by atoms with Gasteiger partial charge < -0.3 is 9.80 Å². The van der Waals surface area contributed by atoms with E-state index in [1.807, 2.05) is 0 Å². The van der Waals surface area contributed by atoms with Crippen LogP contribution >= 0.6 is 0 Å². The molecule has 0 aromatic heterocycles. The van der Waals surface area contributed by atoms with Gasteiger partial charge in [-0.15, -0.1) is 0 Å². The smallest absolute Gasteiger partial charge is 0.0367 e. The zero-order chi connectivity index (χ0) is 19.4. The highest BCUT2D eigenvalue weighted by molar-refractivity contribution is 6.22. The second-order valence-electron chi connectivity index (χ2n) is 7.99. The molecular weight excluding hydrogens is 340 g/mol. The SMILES string of the molecule is CN(C)c1ccc2c(ccc3c2ccc2c4ccc(N(C)C)cc4ccc23)c1. The van der Waals surface area contributed by atoms with Crippen LogP contribution in [0.4, 0.5) is 11.4 Å². The molecule has 0 radical (unpaired) electrons. The molecule has 0 amide bonds. The van der Waals surface area contributed by atoms with Gasteiger partial charge in [-0.2, -0.15) is 0 Å². The topological polar surface area (TPSA) is 6.48 Å². The minimum absolute atomic E-state index is 1.23. The molecule has 0 saturated carbocycles. The molecule has 0 N–H and O–H groups in total. The lowest BCUT2D eigenvalue weighted by Crippen LogP contribution is -2.08. The van der Waals surface area contributed by atoms with Crippen LogP contribution in [0, 0.1) is 0 Å². The van der Waals surface area contributed by atoms with Crippen molar-refractivity contribution in [3.63, 3.8) is 0 Å². The molecule has 5 aromatic rings. The number of hydrogen-bond acceptors (Lipinski definition) is 2. The van der Waals surface area contributed by atoms with E-state index in [4.69, 9.17) is 0 Å². The fourth-order valence-electron chi connectivity index (χ4n) is 4.23. The molecule has 5 rings (SSSR count). The first-order valence-corrected chi connectivity index (χ1v) is 9.69. The summed E-state index contributed by atoms with van der Waals surface area (Å²) in [7, 11) is 8.34. The quantitative estimate of drug-likeness (QED) is 0.333. The summed E-state index contributed by atoms with van der Waals surface area (Å²) in [6.45, 7) is 0. The Kier molecular flexibility index (Phi) is 3.70. The second-order valence-corrected chi connectivity index (χ2v) is 7.99. The maximum Gasteiger partial charge on any atom is 0.0367 e. The van der Waals surface area contributed by atoms with E-state index >= 15 is 0 Å². The summed E-state index contributed by atoms with van der Waals surface area (Å²) in [6, 6.07) is 27.1. The molecule has 28 heavy (non-hydrogen) atoms. The molecule has 138 valence electrons. The molecule has 0 fully saturated rings. The van der Waals surface area contributed by atoms with Gasteiger partial charge in [-0.1, -0.05) is 48.5 Å². The van der Waals surface area contributed by atoms with Crippen LogP contribution in [0.1, 0.15) is 0 Å². The number of hydrogen-bond donors (Lipinski definition) is 0. The summed E-state index contributed by atoms with van der Waals surface area (Å²) in [5.74, 6) is 0. The zero-order valence-corrected chi connectivity index (χ0v) is 16.8. The van der Waals surface area contributed by atoms with E-state index in [0.29, 0.717) is 0 Å². The van der Waals surface area contributed by atoms with Gasteiger partial charge in [0.1, 0.15) is 0 Å². The van der Waals surface area contributed by atoms with Gasteiger partial charge in [0.2, 0.25) is 0 Å². The Bertz CT molecular complexity index is 1260. The predicted molar refractivity (Wildman–Crippen MR) is 125 cm³/mol. The van der Waals surface area contributed by atoms with Crippen molar-refractivity contribution in [1.29, 1.82) is 0 Å². The largest absolute Gasteiger partial charge is 0.378 e. The summed E-state index contributed by atoms with van der Waals surface area (Å²) in [5.41, 5.74) is 2.46. The Morgan fingerprint density at radius 2 is 0.714 bits per heavy atom. The van der Waals surface area contributed by atoms with Crippen molar-refractivity contribution in [2.45, 2.75) is 0 Å². The monoisotopic (exact) mass is 364 g/mol. The summed E-state index contributed by atoms with van der Waals surface area (Å²) >= 11 is 0. The van der Waals surface area contributed by atoms with Crippen LogP contribution in [0.3, 0.4) is 0 Å². The molecule has 0 aliphatic carbocycles. The third-order valence-corrected chi connectivity index (χ3v) is 5.83. The number of fused-ring (bicyclic) bond motifs is 7. The third kappa shape index (κ3) is 2.49. The summed E-state index contributed by atoms with van der Waals surface area (Å²) in [5, 5.41) is 10.5. The first-order valence-electron chi connectivity index (χ1n) is 9.69. The first kappa shape index (κ1) is 16.9. The van der Waals surface area contributed by atoms with E-state index in [1.54, 1.807) is 0 Å². The normalized spacial score (nSPS) is 11.6. The maximum absolute atomic E-state index is 2.29. The van der Waals surface area contributed by atoms with Crippen molar-refractivity contribution < 1.29 is 0 Å². The Morgan fingerprint density at radius 1 is 0.393 bits per heavy atom. The van der Waals surface area contributed by atoms with Crippen LogP contribution in [0.15, 0.2) is 72.8 Å². The Balaban J connectivity index is 1.81. The van der Waals surface area contributed by atoms with Crippen molar-refractivity contribution in [1.82, 2.24) is 0 Å². The highest BCUT2D eigenvalue weighted by Crippen LogP contribution is 2.36. The van der Waals surface area contributed by atoms with Crippen LogP contribution in [-0.4, -0.2) is 28.2 Å². The Hall–Kier alpha value is -3.26. The molecule has 0 saturated heterocycles. The van der Waals surface area contributed by atoms with Gasteiger partial charge in [0.15, 0.2) is 0 Å². The molecule has 0 spiro atoms. The van der Waals surface area contributed by atoms with E-state index in [2.05, 4.69) is 111 Å². The van der Waals surface area contributed by atoms with E-state index < -0.39 is 0 Å². The van der Waals surface area contributed by atoms with Crippen LogP contribution in [-0.2, 0) is 0 Å². The van der Waals surface area contributed by atoms with E-state index in [-0.39, 0.29) is 0 Å². The van der Waals surface area contributed by atoms with E-state index in [0.717, 1.165) is 0 Å². The van der Waals surface area contributed by atoms with Crippen LogP contribution in [0.5, 0.6) is 0 Å². The fraction of sp³-hybridized carbons (Fsp3) is 0.154.